The first-order chi connectivity index (χ1) is 9.32. The fourth-order valence-corrected chi connectivity index (χ4v) is 2.61. The normalized spacial score (nSPS) is 17.4. The molecular weight excluding hydrogens is 257 g/mol. The van der Waals surface area contributed by atoms with Crippen molar-refractivity contribution in [1.29, 1.82) is 0 Å². The van der Waals surface area contributed by atoms with Crippen LogP contribution in [0.2, 0.25) is 0 Å². The second kappa shape index (κ2) is 5.48. The van der Waals surface area contributed by atoms with E-state index in [2.05, 4.69) is 30.6 Å². The third kappa shape index (κ3) is 2.98. The van der Waals surface area contributed by atoms with E-state index < -0.39 is 5.82 Å². The Labute approximate surface area is 120 Å². The van der Waals surface area contributed by atoms with Gasteiger partial charge in [0.15, 0.2) is 11.6 Å². The maximum absolute atomic E-state index is 13.6. The van der Waals surface area contributed by atoms with E-state index in [1.807, 2.05) is 0 Å². The molecule has 2 N–H and O–H groups in total. The van der Waals surface area contributed by atoms with E-state index in [-0.39, 0.29) is 11.3 Å². The molecule has 1 aromatic carbocycles. The summed E-state index contributed by atoms with van der Waals surface area (Å²) in [7, 11) is 1.47. The van der Waals surface area contributed by atoms with Gasteiger partial charge in [-0.05, 0) is 20.8 Å². The molecule has 0 amide bonds. The molecule has 1 heterocycles. The first-order valence-corrected chi connectivity index (χ1v) is 6.96. The van der Waals surface area contributed by atoms with Crippen LogP contribution in [-0.2, 0) is 0 Å². The van der Waals surface area contributed by atoms with Crippen molar-refractivity contribution >= 4 is 11.4 Å². The lowest BCUT2D eigenvalue weighted by Gasteiger charge is -2.43. The molecule has 1 aliphatic rings. The highest BCUT2D eigenvalue weighted by Crippen LogP contribution is 2.32. The quantitative estimate of drug-likeness (QED) is 0.845. The van der Waals surface area contributed by atoms with E-state index in [9.17, 15) is 4.39 Å². The van der Waals surface area contributed by atoms with Gasteiger partial charge in [0.05, 0.1) is 18.5 Å². The van der Waals surface area contributed by atoms with E-state index in [0.717, 1.165) is 31.9 Å². The molecule has 0 bridgehead atoms. The number of hydrogen-bond donors (Lipinski definition) is 1. The lowest BCUT2D eigenvalue weighted by Crippen LogP contribution is -2.53. The van der Waals surface area contributed by atoms with E-state index >= 15 is 0 Å². The van der Waals surface area contributed by atoms with Gasteiger partial charge < -0.3 is 15.4 Å². The molecule has 4 nitrogen and oxygen atoms in total. The zero-order chi connectivity index (χ0) is 14.9. The van der Waals surface area contributed by atoms with Crippen LogP contribution in [0, 0.1) is 5.82 Å². The molecule has 20 heavy (non-hydrogen) atoms. The summed E-state index contributed by atoms with van der Waals surface area (Å²) in [5, 5.41) is 0. The van der Waals surface area contributed by atoms with Crippen LogP contribution in [0.3, 0.4) is 0 Å². The van der Waals surface area contributed by atoms with Crippen molar-refractivity contribution in [1.82, 2.24) is 4.90 Å². The van der Waals surface area contributed by atoms with Gasteiger partial charge in [-0.1, -0.05) is 0 Å². The highest BCUT2D eigenvalue weighted by atomic mass is 19.1. The average Bonchev–Trinajstić information content (AvgIpc) is 2.38. The Kier molecular flexibility index (Phi) is 4.09. The van der Waals surface area contributed by atoms with Crippen molar-refractivity contribution in [2.24, 2.45) is 0 Å². The minimum Gasteiger partial charge on any atom is -0.494 e. The van der Waals surface area contributed by atoms with Crippen molar-refractivity contribution < 1.29 is 9.13 Å². The number of piperazine rings is 1. The number of anilines is 2. The Morgan fingerprint density at radius 2 is 1.75 bits per heavy atom. The van der Waals surface area contributed by atoms with E-state index in [1.165, 1.54) is 13.2 Å². The Morgan fingerprint density at radius 3 is 2.25 bits per heavy atom. The second-order valence-corrected chi connectivity index (χ2v) is 6.19. The van der Waals surface area contributed by atoms with Crippen LogP contribution in [0.4, 0.5) is 15.8 Å². The van der Waals surface area contributed by atoms with Gasteiger partial charge in [0.2, 0.25) is 0 Å². The minimum atomic E-state index is -0.415. The third-order valence-electron chi connectivity index (χ3n) is 3.87. The molecule has 0 aromatic heterocycles. The summed E-state index contributed by atoms with van der Waals surface area (Å²) >= 11 is 0. The van der Waals surface area contributed by atoms with Crippen molar-refractivity contribution in [3.8, 4) is 5.75 Å². The number of methoxy groups -OCH3 is 1. The van der Waals surface area contributed by atoms with Gasteiger partial charge >= 0.3 is 0 Å². The molecule has 0 radical (unpaired) electrons. The maximum Gasteiger partial charge on any atom is 0.167 e. The van der Waals surface area contributed by atoms with Crippen LogP contribution in [0.15, 0.2) is 12.1 Å². The number of rotatable bonds is 2. The van der Waals surface area contributed by atoms with Gasteiger partial charge in [-0.2, -0.15) is 0 Å². The number of hydrogen-bond acceptors (Lipinski definition) is 4. The topological polar surface area (TPSA) is 41.7 Å². The van der Waals surface area contributed by atoms with Crippen LogP contribution in [0.1, 0.15) is 20.8 Å². The standard InChI is InChI=1S/C15H24FN3O/c1-15(2,3)19-7-5-18(6-8-19)13-10-14(20-4)11(16)9-12(13)17/h9-10H,5-8,17H2,1-4H3. The molecule has 1 aliphatic heterocycles. The highest BCUT2D eigenvalue weighted by molar-refractivity contribution is 5.70. The SMILES string of the molecule is COc1cc(N2CCN(C(C)(C)C)CC2)c(N)cc1F. The van der Waals surface area contributed by atoms with Gasteiger partial charge in [0, 0.05) is 43.9 Å². The summed E-state index contributed by atoms with van der Waals surface area (Å²) in [6.07, 6.45) is 0. The van der Waals surface area contributed by atoms with Gasteiger partial charge in [-0.15, -0.1) is 0 Å². The summed E-state index contributed by atoms with van der Waals surface area (Å²) in [4.78, 5) is 4.64. The summed E-state index contributed by atoms with van der Waals surface area (Å²) < 4.78 is 18.6. The molecule has 2 rings (SSSR count). The highest BCUT2D eigenvalue weighted by Gasteiger charge is 2.26. The van der Waals surface area contributed by atoms with Crippen molar-refractivity contribution in [2.75, 3.05) is 43.9 Å². The van der Waals surface area contributed by atoms with Gasteiger partial charge in [-0.3, -0.25) is 4.90 Å². The first-order valence-electron chi connectivity index (χ1n) is 6.96. The van der Waals surface area contributed by atoms with Gasteiger partial charge in [0.1, 0.15) is 0 Å². The van der Waals surface area contributed by atoms with Gasteiger partial charge in [0.25, 0.3) is 0 Å². The molecule has 0 unspecified atom stereocenters. The Balaban J connectivity index is 2.15. The van der Waals surface area contributed by atoms with E-state index in [1.54, 1.807) is 6.07 Å². The number of ether oxygens (including phenoxy) is 1. The zero-order valence-corrected chi connectivity index (χ0v) is 12.7. The number of nitrogens with zero attached hydrogens (tertiary/aromatic N) is 2. The summed E-state index contributed by atoms with van der Waals surface area (Å²) in [6, 6.07) is 3.03. The smallest absolute Gasteiger partial charge is 0.167 e. The predicted octanol–water partition coefficient (Wildman–Crippen LogP) is 2.34. The fourth-order valence-electron chi connectivity index (χ4n) is 2.61. The lowest BCUT2D eigenvalue weighted by molar-refractivity contribution is 0.128. The predicted molar refractivity (Wildman–Crippen MR) is 80.9 cm³/mol. The minimum absolute atomic E-state index is 0.179. The molecule has 0 spiro atoms. The Bertz CT molecular complexity index is 477. The molecule has 0 atom stereocenters. The van der Waals surface area contributed by atoms with Gasteiger partial charge in [-0.25, -0.2) is 4.39 Å². The molecule has 0 saturated carbocycles. The van der Waals surface area contributed by atoms with Crippen LogP contribution in [-0.4, -0.2) is 43.7 Å². The Hall–Kier alpha value is -1.49. The molecule has 1 saturated heterocycles. The fraction of sp³-hybridized carbons (Fsp3) is 0.600. The molecule has 5 heteroatoms. The van der Waals surface area contributed by atoms with Crippen molar-refractivity contribution in [3.05, 3.63) is 17.9 Å². The number of nitrogens with two attached hydrogens (primary N) is 1. The Morgan fingerprint density at radius 1 is 1.15 bits per heavy atom. The van der Waals surface area contributed by atoms with Crippen molar-refractivity contribution in [3.63, 3.8) is 0 Å². The second-order valence-electron chi connectivity index (χ2n) is 6.19. The first kappa shape index (κ1) is 14.9. The summed E-state index contributed by atoms with van der Waals surface area (Å²) in [5.41, 5.74) is 7.45. The molecule has 1 aromatic rings. The van der Waals surface area contributed by atoms with Crippen LogP contribution < -0.4 is 15.4 Å². The molecule has 112 valence electrons. The molecule has 0 aliphatic carbocycles. The number of benzene rings is 1. The maximum atomic E-state index is 13.6. The van der Waals surface area contributed by atoms with E-state index in [0.29, 0.717) is 5.69 Å². The van der Waals surface area contributed by atoms with Crippen molar-refractivity contribution in [2.45, 2.75) is 26.3 Å². The third-order valence-corrected chi connectivity index (χ3v) is 3.87. The van der Waals surface area contributed by atoms with E-state index in [4.69, 9.17) is 10.5 Å². The summed E-state index contributed by atoms with van der Waals surface area (Å²) in [6.45, 7) is 10.4. The zero-order valence-electron chi connectivity index (χ0n) is 12.7. The summed E-state index contributed by atoms with van der Waals surface area (Å²) in [5.74, 6) is -0.172. The molecule has 1 fully saturated rings. The monoisotopic (exact) mass is 281 g/mol. The lowest BCUT2D eigenvalue weighted by atomic mass is 10.0. The number of halogens is 1. The largest absolute Gasteiger partial charge is 0.494 e. The van der Waals surface area contributed by atoms with Crippen LogP contribution in [0.25, 0.3) is 0 Å². The molecular formula is C15H24FN3O. The van der Waals surface area contributed by atoms with Crippen LogP contribution >= 0.6 is 0 Å². The average molecular weight is 281 g/mol. The van der Waals surface area contributed by atoms with Crippen LogP contribution in [0.5, 0.6) is 5.75 Å². The number of nitrogen functional groups attached to an aromatic ring is 1.